The van der Waals surface area contributed by atoms with E-state index in [1.54, 1.807) is 0 Å². The van der Waals surface area contributed by atoms with Crippen LogP contribution in [-0.4, -0.2) is 30.2 Å². The largest absolute Gasteiger partial charge is 0.388 e. The molecule has 0 saturated carbocycles. The normalized spacial score (nSPS) is 56.2. The first-order chi connectivity index (χ1) is 6.84. The molecule has 3 nitrogen and oxygen atoms in total. The van der Waals surface area contributed by atoms with Crippen molar-refractivity contribution in [2.45, 2.75) is 39.3 Å². The van der Waals surface area contributed by atoms with Crippen molar-refractivity contribution in [3.05, 3.63) is 0 Å². The maximum Gasteiger partial charge on any atom is 0.184 e. The molecular formula is C10H18O3. The zero-order valence-corrected chi connectivity index (χ0v) is 8.23. The molecule has 2 aliphatic heterocycles. The molecule has 2 saturated heterocycles. The van der Waals surface area contributed by atoms with E-state index < -0.39 is 25.1 Å². The van der Waals surface area contributed by atoms with Crippen molar-refractivity contribution in [2.24, 2.45) is 17.8 Å². The van der Waals surface area contributed by atoms with Crippen LogP contribution in [0.4, 0.5) is 0 Å². The Bertz CT molecular complexity index is 257. The van der Waals surface area contributed by atoms with Crippen LogP contribution in [0.1, 0.15) is 23.5 Å². The van der Waals surface area contributed by atoms with Crippen LogP contribution in [0.25, 0.3) is 0 Å². The van der Waals surface area contributed by atoms with Crippen molar-refractivity contribution >= 4 is 0 Å². The van der Waals surface area contributed by atoms with Crippen LogP contribution in [0.3, 0.4) is 0 Å². The van der Waals surface area contributed by atoms with Gasteiger partial charge in [0.15, 0.2) is 6.29 Å². The molecule has 2 bridgehead atoms. The molecule has 0 amide bonds. The van der Waals surface area contributed by atoms with Gasteiger partial charge in [-0.3, -0.25) is 0 Å². The summed E-state index contributed by atoms with van der Waals surface area (Å²) < 4.78 is 25.8. The highest BCUT2D eigenvalue weighted by atomic mass is 16.7. The number of fused-ring (bicyclic) bond motifs is 2. The second-order valence-corrected chi connectivity index (χ2v) is 4.33. The van der Waals surface area contributed by atoms with E-state index in [4.69, 9.17) is 12.2 Å². The molecule has 2 fully saturated rings. The van der Waals surface area contributed by atoms with Crippen molar-refractivity contribution in [3.63, 3.8) is 0 Å². The third-order valence-corrected chi connectivity index (χ3v) is 3.11. The molecule has 0 aliphatic carbocycles. The Morgan fingerprint density at radius 2 is 2.23 bits per heavy atom. The molecule has 0 aromatic heterocycles. The molecule has 0 spiro atoms. The van der Waals surface area contributed by atoms with Gasteiger partial charge >= 0.3 is 0 Å². The zero-order chi connectivity index (χ0) is 11.4. The molecule has 0 radical (unpaired) electrons. The number of aliphatic hydroxyl groups is 1. The van der Waals surface area contributed by atoms with E-state index in [1.807, 2.05) is 20.8 Å². The Labute approximate surface area is 81.8 Å². The Hall–Kier alpha value is -0.120. The summed E-state index contributed by atoms with van der Waals surface area (Å²) in [4.78, 5) is 0. The van der Waals surface area contributed by atoms with Gasteiger partial charge in [0.25, 0.3) is 0 Å². The SMILES string of the molecule is [2H]C1([2H])O[C@@H]2O[C@H]1[C@@H](C)[C@@H](C(C)C)[C@@H]2O. The minimum absolute atomic E-state index is 0.0336. The van der Waals surface area contributed by atoms with Gasteiger partial charge in [-0.1, -0.05) is 20.8 Å². The van der Waals surface area contributed by atoms with E-state index in [2.05, 4.69) is 0 Å². The van der Waals surface area contributed by atoms with E-state index in [-0.39, 0.29) is 11.8 Å². The fourth-order valence-corrected chi connectivity index (χ4v) is 2.41. The van der Waals surface area contributed by atoms with Gasteiger partial charge in [0.1, 0.15) is 6.10 Å². The van der Waals surface area contributed by atoms with E-state index in [0.717, 1.165) is 0 Å². The monoisotopic (exact) mass is 188 g/mol. The Balaban J connectivity index is 2.27. The highest BCUT2D eigenvalue weighted by Gasteiger charge is 2.48. The average molecular weight is 188 g/mol. The van der Waals surface area contributed by atoms with Crippen molar-refractivity contribution in [2.75, 3.05) is 6.56 Å². The number of rotatable bonds is 1. The smallest absolute Gasteiger partial charge is 0.184 e. The van der Waals surface area contributed by atoms with Crippen LogP contribution in [0.15, 0.2) is 0 Å². The lowest BCUT2D eigenvalue weighted by Crippen LogP contribution is -2.47. The Morgan fingerprint density at radius 3 is 2.85 bits per heavy atom. The highest BCUT2D eigenvalue weighted by molar-refractivity contribution is 4.91. The van der Waals surface area contributed by atoms with Gasteiger partial charge in [-0.2, -0.15) is 0 Å². The summed E-state index contributed by atoms with van der Waals surface area (Å²) in [6, 6.07) is 0. The Kier molecular flexibility index (Phi) is 1.79. The summed E-state index contributed by atoms with van der Waals surface area (Å²) in [6.07, 6.45) is -2.08. The second-order valence-electron chi connectivity index (χ2n) is 4.33. The van der Waals surface area contributed by atoms with Crippen molar-refractivity contribution in [1.82, 2.24) is 0 Å². The molecule has 5 atom stereocenters. The van der Waals surface area contributed by atoms with Crippen LogP contribution in [-0.2, 0) is 9.47 Å². The quantitative estimate of drug-likeness (QED) is 0.667. The summed E-state index contributed by atoms with van der Waals surface area (Å²) in [5.74, 6) is 0.293. The first-order valence-electron chi connectivity index (χ1n) is 5.86. The third-order valence-electron chi connectivity index (χ3n) is 3.11. The average Bonchev–Trinajstić information content (AvgIpc) is 2.36. The summed E-state index contributed by atoms with van der Waals surface area (Å²) in [7, 11) is 0. The summed E-state index contributed by atoms with van der Waals surface area (Å²) >= 11 is 0. The summed E-state index contributed by atoms with van der Waals surface area (Å²) in [6.45, 7) is 4.21. The summed E-state index contributed by atoms with van der Waals surface area (Å²) in [5, 5.41) is 10.0. The number of aliphatic hydroxyl groups excluding tert-OH is 1. The van der Waals surface area contributed by atoms with Gasteiger partial charge in [0, 0.05) is 0 Å². The van der Waals surface area contributed by atoms with E-state index in [9.17, 15) is 5.11 Å². The predicted molar refractivity (Wildman–Crippen MR) is 48.1 cm³/mol. The first-order valence-corrected chi connectivity index (χ1v) is 4.86. The minimum atomic E-state index is -1.77. The lowest BCUT2D eigenvalue weighted by molar-refractivity contribution is -0.198. The molecular weight excluding hydrogens is 168 g/mol. The lowest BCUT2D eigenvalue weighted by atomic mass is 9.76. The fraction of sp³-hybridized carbons (Fsp3) is 1.00. The maximum atomic E-state index is 10.0. The van der Waals surface area contributed by atoms with E-state index >= 15 is 0 Å². The van der Waals surface area contributed by atoms with E-state index in [1.165, 1.54) is 0 Å². The van der Waals surface area contributed by atoms with Crippen molar-refractivity contribution in [1.29, 1.82) is 0 Å². The molecule has 2 heterocycles. The van der Waals surface area contributed by atoms with Gasteiger partial charge in [0.05, 0.1) is 15.4 Å². The third kappa shape index (κ3) is 1.39. The minimum Gasteiger partial charge on any atom is -0.388 e. The van der Waals surface area contributed by atoms with Gasteiger partial charge < -0.3 is 14.6 Å². The molecule has 1 N–H and O–H groups in total. The molecule has 2 rings (SSSR count). The van der Waals surface area contributed by atoms with Gasteiger partial charge in [-0.25, -0.2) is 0 Å². The van der Waals surface area contributed by atoms with Crippen LogP contribution in [0, 0.1) is 17.8 Å². The zero-order valence-electron chi connectivity index (χ0n) is 10.2. The topological polar surface area (TPSA) is 38.7 Å². The van der Waals surface area contributed by atoms with Gasteiger partial charge in [0.2, 0.25) is 0 Å². The molecule has 76 valence electrons. The molecule has 3 heteroatoms. The van der Waals surface area contributed by atoms with Gasteiger partial charge in [-0.15, -0.1) is 0 Å². The van der Waals surface area contributed by atoms with Crippen LogP contribution in [0.5, 0.6) is 0 Å². The lowest BCUT2D eigenvalue weighted by Gasteiger charge is -2.39. The molecule has 13 heavy (non-hydrogen) atoms. The number of hydrogen-bond donors (Lipinski definition) is 1. The number of hydrogen-bond acceptors (Lipinski definition) is 3. The fourth-order valence-electron chi connectivity index (χ4n) is 2.41. The first kappa shape index (κ1) is 7.21. The molecule has 0 aromatic carbocycles. The molecule has 2 aliphatic rings. The van der Waals surface area contributed by atoms with Crippen molar-refractivity contribution in [3.8, 4) is 0 Å². The van der Waals surface area contributed by atoms with Crippen LogP contribution < -0.4 is 0 Å². The predicted octanol–water partition coefficient (Wildman–Crippen LogP) is 1.01. The Morgan fingerprint density at radius 1 is 1.54 bits per heavy atom. The van der Waals surface area contributed by atoms with Crippen LogP contribution >= 0.6 is 0 Å². The molecule has 0 unspecified atom stereocenters. The second kappa shape index (κ2) is 3.23. The van der Waals surface area contributed by atoms with Gasteiger partial charge in [-0.05, 0) is 17.8 Å². The molecule has 0 aromatic rings. The number of ether oxygens (including phenoxy) is 2. The summed E-state index contributed by atoms with van der Waals surface area (Å²) in [5.41, 5.74) is 0. The maximum absolute atomic E-state index is 10.0. The van der Waals surface area contributed by atoms with Crippen LogP contribution in [0.2, 0.25) is 0 Å². The van der Waals surface area contributed by atoms with Crippen molar-refractivity contribution < 1.29 is 17.3 Å². The van der Waals surface area contributed by atoms with E-state index in [0.29, 0.717) is 5.92 Å². The standard InChI is InChI=1S/C10H18O3/c1-5(2)8-6(3)7-4-12-10(13-7)9(8)11/h5-11H,4H2,1-3H3/t6-,7-,8-,9+,10-/m1/s1/i4D2. The highest BCUT2D eigenvalue weighted by Crippen LogP contribution is 2.39.